The third kappa shape index (κ3) is 2.37. The van der Waals surface area contributed by atoms with Crippen LogP contribution in [0.4, 0.5) is 0 Å². The third-order valence-corrected chi connectivity index (χ3v) is 3.48. The predicted molar refractivity (Wildman–Crippen MR) is 70.0 cm³/mol. The summed E-state index contributed by atoms with van der Waals surface area (Å²) in [4.78, 5) is 13.0. The van der Waals surface area contributed by atoms with E-state index in [1.54, 1.807) is 10.9 Å². The second-order valence-corrected chi connectivity index (χ2v) is 4.73. The van der Waals surface area contributed by atoms with Crippen LogP contribution in [0, 0.1) is 0 Å². The summed E-state index contributed by atoms with van der Waals surface area (Å²) in [5.41, 5.74) is 2.11. The smallest absolute Gasteiger partial charge is 0.320 e. The Morgan fingerprint density at radius 1 is 1.42 bits per heavy atom. The first-order chi connectivity index (χ1) is 9.24. The predicted octanol–water partition coefficient (Wildman–Crippen LogP) is 1.53. The Hall–Kier alpha value is -2.14. The van der Waals surface area contributed by atoms with E-state index in [0.717, 1.165) is 24.2 Å². The highest BCUT2D eigenvalue weighted by Crippen LogP contribution is 2.21. The summed E-state index contributed by atoms with van der Waals surface area (Å²) in [7, 11) is 0. The van der Waals surface area contributed by atoms with Gasteiger partial charge in [-0.2, -0.15) is 5.10 Å². The average molecular weight is 257 g/mol. The number of aliphatic carboxylic acids is 1. The highest BCUT2D eigenvalue weighted by atomic mass is 16.4. The number of hydrogen-bond acceptors (Lipinski definition) is 3. The average Bonchev–Trinajstić information content (AvgIpc) is 2.88. The molecule has 0 saturated carbocycles. The second kappa shape index (κ2) is 4.85. The monoisotopic (exact) mass is 257 g/mol. The summed E-state index contributed by atoms with van der Waals surface area (Å²) in [6, 6.07) is 9.58. The first-order valence-corrected chi connectivity index (χ1v) is 6.30. The normalized spacial score (nSPS) is 19.1. The molecule has 0 unspecified atom stereocenters. The number of nitrogens with zero attached hydrogens (tertiary/aromatic N) is 3. The zero-order valence-corrected chi connectivity index (χ0v) is 10.4. The Balaban J connectivity index is 1.75. The minimum Gasteiger partial charge on any atom is -0.480 e. The first kappa shape index (κ1) is 11.9. The lowest BCUT2D eigenvalue weighted by Crippen LogP contribution is -2.51. The molecule has 98 valence electrons. The Bertz CT molecular complexity index is 580. The Morgan fingerprint density at radius 3 is 2.95 bits per heavy atom. The van der Waals surface area contributed by atoms with Gasteiger partial charge >= 0.3 is 5.97 Å². The van der Waals surface area contributed by atoms with E-state index in [2.05, 4.69) is 5.10 Å². The molecule has 0 aliphatic carbocycles. The molecule has 1 aliphatic heterocycles. The van der Waals surface area contributed by atoms with Gasteiger partial charge in [0.15, 0.2) is 0 Å². The molecule has 1 aromatic carbocycles. The first-order valence-electron chi connectivity index (χ1n) is 6.30. The van der Waals surface area contributed by atoms with Crippen molar-refractivity contribution in [1.29, 1.82) is 0 Å². The van der Waals surface area contributed by atoms with Crippen molar-refractivity contribution in [3.8, 4) is 5.69 Å². The molecule has 1 aromatic heterocycles. The molecule has 1 atom stereocenters. The van der Waals surface area contributed by atoms with Crippen LogP contribution in [-0.2, 0) is 11.3 Å². The standard InChI is InChI=1S/C14H15N3O2/c18-14(19)13-5-8-16(13)10-11-3-1-4-12(9-11)17-7-2-6-15-17/h1-4,6-7,9,13H,5,8,10H2,(H,18,19)/t13-/m0/s1. The lowest BCUT2D eigenvalue weighted by molar-refractivity contribution is -0.148. The van der Waals surface area contributed by atoms with Gasteiger partial charge in [0.05, 0.1) is 5.69 Å². The van der Waals surface area contributed by atoms with Crippen molar-refractivity contribution in [2.75, 3.05) is 6.54 Å². The van der Waals surface area contributed by atoms with Crippen LogP contribution in [0.5, 0.6) is 0 Å². The van der Waals surface area contributed by atoms with Gasteiger partial charge in [-0.3, -0.25) is 9.69 Å². The van der Waals surface area contributed by atoms with E-state index in [1.165, 1.54) is 0 Å². The van der Waals surface area contributed by atoms with E-state index >= 15 is 0 Å². The van der Waals surface area contributed by atoms with Crippen LogP contribution in [-0.4, -0.2) is 38.3 Å². The molecule has 2 aromatic rings. The quantitative estimate of drug-likeness (QED) is 0.902. The fourth-order valence-electron chi connectivity index (χ4n) is 2.36. The largest absolute Gasteiger partial charge is 0.480 e. The summed E-state index contributed by atoms with van der Waals surface area (Å²) in [6.45, 7) is 1.52. The molecule has 1 saturated heterocycles. The van der Waals surface area contributed by atoms with Gasteiger partial charge in [-0.15, -0.1) is 0 Å². The van der Waals surface area contributed by atoms with Crippen LogP contribution < -0.4 is 0 Å². The van der Waals surface area contributed by atoms with Gasteiger partial charge in [-0.25, -0.2) is 4.68 Å². The maximum atomic E-state index is 11.0. The van der Waals surface area contributed by atoms with Crippen molar-refractivity contribution >= 4 is 5.97 Å². The Labute approximate surface area is 111 Å². The molecule has 2 heterocycles. The molecule has 0 radical (unpaired) electrons. The molecule has 1 N–H and O–H groups in total. The number of carbonyl (C=O) groups is 1. The number of benzene rings is 1. The maximum absolute atomic E-state index is 11.0. The Kier molecular flexibility index (Phi) is 3.05. The molecule has 19 heavy (non-hydrogen) atoms. The zero-order valence-electron chi connectivity index (χ0n) is 10.4. The van der Waals surface area contributed by atoms with E-state index in [1.807, 2.05) is 41.4 Å². The molecule has 0 bridgehead atoms. The number of hydrogen-bond donors (Lipinski definition) is 1. The summed E-state index contributed by atoms with van der Waals surface area (Å²) in [5, 5.41) is 13.2. The maximum Gasteiger partial charge on any atom is 0.320 e. The van der Waals surface area contributed by atoms with Crippen molar-refractivity contribution in [2.45, 2.75) is 19.0 Å². The molecule has 0 amide bonds. The number of rotatable bonds is 4. The molecule has 1 aliphatic rings. The minimum atomic E-state index is -0.727. The van der Waals surface area contributed by atoms with Crippen molar-refractivity contribution < 1.29 is 9.90 Å². The van der Waals surface area contributed by atoms with Crippen LogP contribution in [0.15, 0.2) is 42.7 Å². The Morgan fingerprint density at radius 2 is 2.32 bits per heavy atom. The molecule has 5 heteroatoms. The van der Waals surface area contributed by atoms with Crippen molar-refractivity contribution in [3.63, 3.8) is 0 Å². The van der Waals surface area contributed by atoms with Gasteiger partial charge in [0.1, 0.15) is 6.04 Å². The van der Waals surface area contributed by atoms with Gasteiger partial charge in [0.2, 0.25) is 0 Å². The SMILES string of the molecule is O=C(O)[C@@H]1CCN1Cc1cccc(-n2cccn2)c1. The fraction of sp³-hybridized carbons (Fsp3) is 0.286. The number of aromatic nitrogens is 2. The van der Waals surface area contributed by atoms with Crippen LogP contribution in [0.25, 0.3) is 5.69 Å². The fourth-order valence-corrected chi connectivity index (χ4v) is 2.36. The van der Waals surface area contributed by atoms with Gasteiger partial charge in [-0.1, -0.05) is 12.1 Å². The van der Waals surface area contributed by atoms with Gasteiger partial charge in [0, 0.05) is 25.5 Å². The molecule has 1 fully saturated rings. The lowest BCUT2D eigenvalue weighted by atomic mass is 10.0. The number of likely N-dealkylation sites (tertiary alicyclic amines) is 1. The minimum absolute atomic E-state index is 0.326. The van der Waals surface area contributed by atoms with Crippen LogP contribution in [0.1, 0.15) is 12.0 Å². The molecular weight excluding hydrogens is 242 g/mol. The zero-order chi connectivity index (χ0) is 13.2. The van der Waals surface area contributed by atoms with Crippen LogP contribution >= 0.6 is 0 Å². The van der Waals surface area contributed by atoms with Crippen LogP contribution in [0.2, 0.25) is 0 Å². The van der Waals surface area contributed by atoms with Gasteiger partial charge in [-0.05, 0) is 30.2 Å². The summed E-state index contributed by atoms with van der Waals surface area (Å²) in [6.07, 6.45) is 4.37. The summed E-state index contributed by atoms with van der Waals surface area (Å²) < 4.78 is 1.80. The highest BCUT2D eigenvalue weighted by molar-refractivity contribution is 5.74. The lowest BCUT2D eigenvalue weighted by Gasteiger charge is -2.37. The van der Waals surface area contributed by atoms with E-state index in [9.17, 15) is 4.79 Å². The topological polar surface area (TPSA) is 58.4 Å². The molecule has 3 rings (SSSR count). The molecular formula is C14H15N3O2. The van der Waals surface area contributed by atoms with Crippen molar-refractivity contribution in [2.24, 2.45) is 0 Å². The van der Waals surface area contributed by atoms with E-state index < -0.39 is 5.97 Å². The van der Waals surface area contributed by atoms with Crippen LogP contribution in [0.3, 0.4) is 0 Å². The summed E-state index contributed by atoms with van der Waals surface area (Å²) >= 11 is 0. The third-order valence-electron chi connectivity index (χ3n) is 3.48. The van der Waals surface area contributed by atoms with Crippen molar-refractivity contribution in [3.05, 3.63) is 48.3 Å². The van der Waals surface area contributed by atoms with Gasteiger partial charge in [0.25, 0.3) is 0 Å². The van der Waals surface area contributed by atoms with E-state index in [-0.39, 0.29) is 6.04 Å². The van der Waals surface area contributed by atoms with E-state index in [4.69, 9.17) is 5.11 Å². The second-order valence-electron chi connectivity index (χ2n) is 4.73. The number of carboxylic acid groups (broad SMARTS) is 1. The molecule has 5 nitrogen and oxygen atoms in total. The number of carboxylic acids is 1. The summed E-state index contributed by atoms with van der Waals surface area (Å²) in [5.74, 6) is -0.727. The van der Waals surface area contributed by atoms with Gasteiger partial charge < -0.3 is 5.11 Å². The highest BCUT2D eigenvalue weighted by Gasteiger charge is 2.33. The van der Waals surface area contributed by atoms with Crippen molar-refractivity contribution in [1.82, 2.24) is 14.7 Å². The molecule has 0 spiro atoms. The van der Waals surface area contributed by atoms with E-state index in [0.29, 0.717) is 6.54 Å².